The highest BCUT2D eigenvalue weighted by molar-refractivity contribution is 6.39. The molecule has 2 amide bonds. The Hall–Kier alpha value is -3.13. The van der Waals surface area contributed by atoms with Gasteiger partial charge in [-0.25, -0.2) is 4.39 Å². The van der Waals surface area contributed by atoms with Crippen molar-refractivity contribution in [2.45, 2.75) is 12.5 Å². The van der Waals surface area contributed by atoms with Crippen molar-refractivity contribution in [3.63, 3.8) is 0 Å². The summed E-state index contributed by atoms with van der Waals surface area (Å²) >= 11 is 0. The predicted octanol–water partition coefficient (Wildman–Crippen LogP) is 1.73. The third kappa shape index (κ3) is 4.28. The van der Waals surface area contributed by atoms with Crippen molar-refractivity contribution in [3.05, 3.63) is 53.8 Å². The van der Waals surface area contributed by atoms with Crippen LogP contribution in [-0.4, -0.2) is 30.3 Å². The van der Waals surface area contributed by atoms with Gasteiger partial charge in [-0.05, 0) is 48.4 Å². The summed E-state index contributed by atoms with van der Waals surface area (Å²) in [7, 11) is 0. The van der Waals surface area contributed by atoms with E-state index in [-0.39, 0.29) is 19.8 Å². The molecule has 3 N–H and O–H groups in total. The molecular weight excluding hydrogens is 343 g/mol. The number of fused-ring (bicyclic) bond motifs is 1. The summed E-state index contributed by atoms with van der Waals surface area (Å²) in [5.41, 5.74) is 0.936. The molecule has 8 heteroatoms. The summed E-state index contributed by atoms with van der Waals surface area (Å²) < 4.78 is 23.3. The van der Waals surface area contributed by atoms with Gasteiger partial charge in [0.25, 0.3) is 0 Å². The number of carbonyl (C=O) groups is 2. The smallest absolute Gasteiger partial charge is 0.313 e. The van der Waals surface area contributed by atoms with Gasteiger partial charge in [0.05, 0.1) is 6.10 Å². The van der Waals surface area contributed by atoms with Crippen molar-refractivity contribution in [2.24, 2.45) is 0 Å². The van der Waals surface area contributed by atoms with Crippen molar-refractivity contribution in [3.8, 4) is 11.5 Å². The minimum absolute atomic E-state index is 0.102. The van der Waals surface area contributed by atoms with Crippen LogP contribution in [0.15, 0.2) is 42.5 Å². The van der Waals surface area contributed by atoms with Gasteiger partial charge in [-0.15, -0.1) is 0 Å². The molecule has 0 spiro atoms. The zero-order chi connectivity index (χ0) is 18.5. The summed E-state index contributed by atoms with van der Waals surface area (Å²) in [5.74, 6) is -0.970. The van der Waals surface area contributed by atoms with E-state index in [1.807, 2.05) is 0 Å². The zero-order valence-corrected chi connectivity index (χ0v) is 13.7. The predicted molar refractivity (Wildman–Crippen MR) is 90.2 cm³/mol. The lowest BCUT2D eigenvalue weighted by atomic mass is 10.1. The molecular formula is C18H17FN2O5. The Labute approximate surface area is 148 Å². The van der Waals surface area contributed by atoms with Crippen LogP contribution in [0.2, 0.25) is 0 Å². The van der Waals surface area contributed by atoms with E-state index in [1.165, 1.54) is 24.3 Å². The first-order valence-electron chi connectivity index (χ1n) is 7.95. The van der Waals surface area contributed by atoms with Crippen LogP contribution in [0.5, 0.6) is 11.5 Å². The number of anilines is 1. The summed E-state index contributed by atoms with van der Waals surface area (Å²) in [6.45, 7) is 0.249. The summed E-state index contributed by atoms with van der Waals surface area (Å²) in [6.07, 6.45) is -0.611. The lowest BCUT2D eigenvalue weighted by Gasteiger charge is -2.12. The Balaban J connectivity index is 1.45. The van der Waals surface area contributed by atoms with Crippen LogP contribution in [0.25, 0.3) is 0 Å². The van der Waals surface area contributed by atoms with E-state index >= 15 is 0 Å². The van der Waals surface area contributed by atoms with Crippen molar-refractivity contribution >= 4 is 17.5 Å². The minimum atomic E-state index is -0.867. The standard InChI is InChI=1S/C18H17FN2O5/c19-12-2-4-13(5-3-12)21-18(24)17(23)20-8-7-14(22)11-1-6-15-16(9-11)26-10-25-15/h1-6,9,14,22H,7-8,10H2,(H,20,23)(H,21,24). The molecule has 2 aromatic rings. The summed E-state index contributed by atoms with van der Waals surface area (Å²) in [5, 5.41) is 15.0. The maximum Gasteiger partial charge on any atom is 0.313 e. The second-order valence-corrected chi connectivity index (χ2v) is 5.63. The van der Waals surface area contributed by atoms with Gasteiger partial charge in [0.2, 0.25) is 6.79 Å². The SMILES string of the molecule is O=C(NCCC(O)c1ccc2c(c1)OCO2)C(=O)Nc1ccc(F)cc1. The lowest BCUT2D eigenvalue weighted by molar-refractivity contribution is -0.136. The topological polar surface area (TPSA) is 96.9 Å². The second-order valence-electron chi connectivity index (χ2n) is 5.63. The van der Waals surface area contributed by atoms with E-state index in [4.69, 9.17) is 9.47 Å². The third-order valence-corrected chi connectivity index (χ3v) is 3.79. The fraction of sp³-hybridized carbons (Fsp3) is 0.222. The van der Waals surface area contributed by atoms with Crippen molar-refractivity contribution < 1.29 is 28.6 Å². The number of ether oxygens (including phenoxy) is 2. The van der Waals surface area contributed by atoms with E-state index in [1.54, 1.807) is 18.2 Å². The van der Waals surface area contributed by atoms with E-state index in [9.17, 15) is 19.1 Å². The Bertz CT molecular complexity index is 810. The number of halogens is 1. The van der Waals surface area contributed by atoms with Crippen LogP contribution in [-0.2, 0) is 9.59 Å². The molecule has 1 aliphatic heterocycles. The maximum atomic E-state index is 12.8. The van der Waals surface area contributed by atoms with Crippen LogP contribution in [0.4, 0.5) is 10.1 Å². The molecule has 0 bridgehead atoms. The van der Waals surface area contributed by atoms with Crippen molar-refractivity contribution in [2.75, 3.05) is 18.7 Å². The number of aliphatic hydroxyl groups is 1. The van der Waals surface area contributed by atoms with Gasteiger partial charge in [0.15, 0.2) is 11.5 Å². The van der Waals surface area contributed by atoms with Crippen LogP contribution in [0.1, 0.15) is 18.1 Å². The van der Waals surface area contributed by atoms with Gasteiger partial charge in [-0.1, -0.05) is 6.07 Å². The molecule has 0 saturated carbocycles. The first-order chi connectivity index (χ1) is 12.5. The zero-order valence-electron chi connectivity index (χ0n) is 13.7. The second kappa shape index (κ2) is 7.83. The monoisotopic (exact) mass is 360 g/mol. The average Bonchev–Trinajstić information content (AvgIpc) is 3.11. The molecule has 0 fully saturated rings. The van der Waals surface area contributed by atoms with Crippen molar-refractivity contribution in [1.29, 1.82) is 0 Å². The molecule has 1 aliphatic rings. The van der Waals surface area contributed by atoms with Gasteiger partial charge in [-0.3, -0.25) is 9.59 Å². The quantitative estimate of drug-likeness (QED) is 0.706. The van der Waals surface area contributed by atoms with E-state index in [2.05, 4.69) is 10.6 Å². The molecule has 136 valence electrons. The van der Waals surface area contributed by atoms with E-state index in [0.29, 0.717) is 22.7 Å². The molecule has 1 unspecified atom stereocenters. The highest BCUT2D eigenvalue weighted by atomic mass is 19.1. The molecule has 0 aromatic heterocycles. The average molecular weight is 360 g/mol. The van der Waals surface area contributed by atoms with Gasteiger partial charge in [0.1, 0.15) is 5.82 Å². The van der Waals surface area contributed by atoms with Crippen LogP contribution in [0, 0.1) is 5.82 Å². The molecule has 0 aliphatic carbocycles. The number of nitrogens with one attached hydrogen (secondary N) is 2. The highest BCUT2D eigenvalue weighted by Gasteiger charge is 2.18. The molecule has 1 heterocycles. The molecule has 1 atom stereocenters. The Morgan fingerprint density at radius 3 is 2.58 bits per heavy atom. The van der Waals surface area contributed by atoms with E-state index < -0.39 is 23.7 Å². The molecule has 0 saturated heterocycles. The van der Waals surface area contributed by atoms with Crippen LogP contribution in [0.3, 0.4) is 0 Å². The summed E-state index contributed by atoms with van der Waals surface area (Å²) in [6, 6.07) is 10.1. The number of hydrogen-bond acceptors (Lipinski definition) is 5. The van der Waals surface area contributed by atoms with Gasteiger partial charge in [0, 0.05) is 12.2 Å². The highest BCUT2D eigenvalue weighted by Crippen LogP contribution is 2.34. The third-order valence-electron chi connectivity index (χ3n) is 3.79. The Morgan fingerprint density at radius 2 is 1.81 bits per heavy atom. The largest absolute Gasteiger partial charge is 0.454 e. The molecule has 2 aromatic carbocycles. The minimum Gasteiger partial charge on any atom is -0.454 e. The van der Waals surface area contributed by atoms with Gasteiger partial charge >= 0.3 is 11.8 Å². The summed E-state index contributed by atoms with van der Waals surface area (Å²) in [4.78, 5) is 23.5. The first kappa shape index (κ1) is 17.7. The van der Waals surface area contributed by atoms with Crippen LogP contribution >= 0.6 is 0 Å². The number of amides is 2. The first-order valence-corrected chi connectivity index (χ1v) is 7.95. The van der Waals surface area contributed by atoms with E-state index in [0.717, 1.165) is 0 Å². The molecule has 0 radical (unpaired) electrons. The maximum absolute atomic E-state index is 12.8. The fourth-order valence-corrected chi connectivity index (χ4v) is 2.41. The number of aliphatic hydroxyl groups excluding tert-OH is 1. The molecule has 7 nitrogen and oxygen atoms in total. The van der Waals surface area contributed by atoms with Crippen LogP contribution < -0.4 is 20.1 Å². The normalized spacial score (nSPS) is 13.2. The number of benzene rings is 2. The lowest BCUT2D eigenvalue weighted by Crippen LogP contribution is -2.36. The Morgan fingerprint density at radius 1 is 1.08 bits per heavy atom. The number of carbonyl (C=O) groups excluding carboxylic acids is 2. The fourth-order valence-electron chi connectivity index (χ4n) is 2.41. The molecule has 26 heavy (non-hydrogen) atoms. The Kier molecular flexibility index (Phi) is 5.33. The van der Waals surface area contributed by atoms with Crippen molar-refractivity contribution in [1.82, 2.24) is 5.32 Å². The van der Waals surface area contributed by atoms with Gasteiger partial charge < -0.3 is 25.2 Å². The number of rotatable bonds is 5. The number of hydrogen-bond donors (Lipinski definition) is 3. The molecule has 3 rings (SSSR count). The van der Waals surface area contributed by atoms with Gasteiger partial charge in [-0.2, -0.15) is 0 Å².